The average molecular weight is 365 g/mol. The Morgan fingerprint density at radius 1 is 1.28 bits per heavy atom. The van der Waals surface area contributed by atoms with Crippen molar-refractivity contribution in [3.05, 3.63) is 18.6 Å². The van der Waals surface area contributed by atoms with Crippen LogP contribution in [0.2, 0.25) is 0 Å². The molecule has 4 rings (SSSR count). The fourth-order valence-corrected chi connectivity index (χ4v) is 3.73. The number of likely N-dealkylation sites (N-methyl/N-ethyl adjacent to an activating group) is 1. The van der Waals surface area contributed by atoms with Gasteiger partial charge in [0.2, 0.25) is 0 Å². The number of piperidine rings is 1. The summed E-state index contributed by atoms with van der Waals surface area (Å²) < 4.78 is 0. The molecule has 0 radical (unpaired) electrons. The minimum atomic E-state index is 0. The highest BCUT2D eigenvalue weighted by atomic mass is 35.5. The van der Waals surface area contributed by atoms with Gasteiger partial charge in [0, 0.05) is 39.4 Å². The number of carbonyl (C=O) groups excluding carboxylic acids is 1. The molecule has 0 aliphatic carbocycles. The van der Waals surface area contributed by atoms with Crippen LogP contribution >= 0.6 is 12.4 Å². The van der Waals surface area contributed by atoms with E-state index in [1.54, 1.807) is 6.33 Å². The number of nitrogens with one attached hydrogen (secondary N) is 1. The first-order valence-corrected chi connectivity index (χ1v) is 8.70. The van der Waals surface area contributed by atoms with Crippen molar-refractivity contribution in [2.75, 3.05) is 38.1 Å². The van der Waals surface area contributed by atoms with E-state index in [0.717, 1.165) is 55.9 Å². The number of carbonyl (C=O) groups is 1. The van der Waals surface area contributed by atoms with E-state index in [1.165, 1.54) is 0 Å². The molecule has 7 nitrogen and oxygen atoms in total. The highest BCUT2D eigenvalue weighted by Crippen LogP contribution is 2.29. The summed E-state index contributed by atoms with van der Waals surface area (Å²) in [6.45, 7) is 5.68. The number of urea groups is 1. The van der Waals surface area contributed by atoms with Crippen molar-refractivity contribution in [3.8, 4) is 0 Å². The molecule has 2 aromatic rings. The van der Waals surface area contributed by atoms with Gasteiger partial charge in [0.05, 0.1) is 11.4 Å². The van der Waals surface area contributed by atoms with Crippen LogP contribution in [0.1, 0.15) is 19.8 Å². The number of hydrogen-bond donors (Lipinski definition) is 1. The zero-order chi connectivity index (χ0) is 16.7. The van der Waals surface area contributed by atoms with Gasteiger partial charge in [-0.05, 0) is 24.8 Å². The summed E-state index contributed by atoms with van der Waals surface area (Å²) >= 11 is 0. The van der Waals surface area contributed by atoms with Gasteiger partial charge in [-0.15, -0.1) is 12.4 Å². The van der Waals surface area contributed by atoms with Gasteiger partial charge >= 0.3 is 6.03 Å². The molecule has 2 aliphatic heterocycles. The first-order valence-electron chi connectivity index (χ1n) is 8.70. The molecule has 2 atom stereocenters. The minimum absolute atomic E-state index is 0. The van der Waals surface area contributed by atoms with Crippen LogP contribution in [0.25, 0.3) is 11.0 Å². The summed E-state index contributed by atoms with van der Waals surface area (Å²) in [4.78, 5) is 30.7. The quantitative estimate of drug-likeness (QED) is 0.888. The Labute approximate surface area is 153 Å². The normalized spacial score (nSPS) is 23.1. The number of halogens is 1. The van der Waals surface area contributed by atoms with Crippen LogP contribution in [0, 0.1) is 5.92 Å². The summed E-state index contributed by atoms with van der Waals surface area (Å²) in [5.74, 6) is 1.44. The number of likely N-dealkylation sites (tertiary alicyclic amines) is 2. The third kappa shape index (κ3) is 3.13. The number of rotatable bonds is 2. The van der Waals surface area contributed by atoms with Crippen LogP contribution < -0.4 is 4.90 Å². The molecule has 136 valence electrons. The molecule has 2 unspecified atom stereocenters. The fourth-order valence-electron chi connectivity index (χ4n) is 3.73. The molecule has 0 spiro atoms. The number of nitrogens with zero attached hydrogens (tertiary/aromatic N) is 5. The second-order valence-corrected chi connectivity index (χ2v) is 6.95. The number of H-pyrrole nitrogens is 1. The van der Waals surface area contributed by atoms with Gasteiger partial charge in [-0.2, -0.15) is 0 Å². The number of hydrogen-bond acceptors (Lipinski definition) is 4. The molecule has 0 aromatic carbocycles. The van der Waals surface area contributed by atoms with Crippen LogP contribution in [0.15, 0.2) is 18.6 Å². The van der Waals surface area contributed by atoms with E-state index in [-0.39, 0.29) is 24.5 Å². The van der Waals surface area contributed by atoms with E-state index in [2.05, 4.69) is 33.8 Å². The zero-order valence-electron chi connectivity index (χ0n) is 14.7. The molecule has 2 aliphatic rings. The van der Waals surface area contributed by atoms with E-state index in [4.69, 9.17) is 0 Å². The van der Waals surface area contributed by atoms with Crippen molar-refractivity contribution in [1.82, 2.24) is 24.8 Å². The first-order chi connectivity index (χ1) is 11.6. The maximum atomic E-state index is 12.6. The van der Waals surface area contributed by atoms with Gasteiger partial charge < -0.3 is 19.7 Å². The summed E-state index contributed by atoms with van der Waals surface area (Å²) in [7, 11) is 2.08. The van der Waals surface area contributed by atoms with Crippen LogP contribution in [-0.4, -0.2) is 70.1 Å². The van der Waals surface area contributed by atoms with Gasteiger partial charge in [0.15, 0.2) is 0 Å². The van der Waals surface area contributed by atoms with Crippen LogP contribution in [-0.2, 0) is 0 Å². The minimum Gasteiger partial charge on any atom is -0.354 e. The average Bonchev–Trinajstić information content (AvgIpc) is 3.01. The van der Waals surface area contributed by atoms with Crippen LogP contribution in [0.5, 0.6) is 0 Å². The summed E-state index contributed by atoms with van der Waals surface area (Å²) in [5, 5.41) is 1.03. The molecule has 2 amide bonds. The lowest BCUT2D eigenvalue weighted by atomic mass is 9.92. The number of anilines is 1. The van der Waals surface area contributed by atoms with Gasteiger partial charge in [0.25, 0.3) is 0 Å². The topological polar surface area (TPSA) is 68.4 Å². The molecule has 25 heavy (non-hydrogen) atoms. The predicted molar refractivity (Wildman–Crippen MR) is 100 cm³/mol. The molecule has 1 N–H and O–H groups in total. The van der Waals surface area contributed by atoms with E-state index < -0.39 is 0 Å². The highest BCUT2D eigenvalue weighted by Gasteiger charge is 2.35. The fraction of sp³-hybridized carbons (Fsp3) is 0.588. The Kier molecular flexibility index (Phi) is 5.03. The standard InChI is InChI=1S/C17H24N6O.ClH/c1-12-5-9-23(17(24)22-7-3-8-22)10-14(12)21(2)16-13-4-6-18-15(13)19-11-20-16;/h4,6,11-12,14H,3,5,7-10H2,1-2H3,(H,18,19,20);1H. The smallest absolute Gasteiger partial charge is 0.320 e. The molecular weight excluding hydrogens is 340 g/mol. The Balaban J connectivity index is 0.00000182. The number of aromatic nitrogens is 3. The number of amides is 2. The number of aromatic amines is 1. The van der Waals surface area contributed by atoms with Gasteiger partial charge in [-0.3, -0.25) is 0 Å². The molecule has 2 aromatic heterocycles. The Morgan fingerprint density at radius 2 is 2.08 bits per heavy atom. The Hall–Kier alpha value is -2.02. The van der Waals surface area contributed by atoms with Crippen molar-refractivity contribution in [2.24, 2.45) is 5.92 Å². The zero-order valence-corrected chi connectivity index (χ0v) is 15.5. The molecule has 8 heteroatoms. The van der Waals surface area contributed by atoms with Gasteiger partial charge in [0.1, 0.15) is 17.8 Å². The summed E-state index contributed by atoms with van der Waals surface area (Å²) in [5.41, 5.74) is 0.851. The third-order valence-corrected chi connectivity index (χ3v) is 5.48. The first kappa shape index (κ1) is 17.8. The van der Waals surface area contributed by atoms with Crippen molar-refractivity contribution in [1.29, 1.82) is 0 Å². The lowest BCUT2D eigenvalue weighted by Gasteiger charge is -2.44. The lowest BCUT2D eigenvalue weighted by Crippen LogP contribution is -2.57. The molecular formula is C17H25ClN6O. The second-order valence-electron chi connectivity index (χ2n) is 6.95. The van der Waals surface area contributed by atoms with E-state index in [0.29, 0.717) is 5.92 Å². The maximum absolute atomic E-state index is 12.6. The Morgan fingerprint density at radius 3 is 2.80 bits per heavy atom. The molecule has 0 saturated carbocycles. The second kappa shape index (κ2) is 7.07. The van der Waals surface area contributed by atoms with Crippen LogP contribution in [0.3, 0.4) is 0 Å². The SMILES string of the molecule is CC1CCN(C(=O)N2CCC2)CC1N(C)c1ncnc2[nH]ccc12.Cl. The van der Waals surface area contributed by atoms with Crippen LogP contribution in [0.4, 0.5) is 10.6 Å². The Bertz CT molecular complexity index is 746. The van der Waals surface area contributed by atoms with Gasteiger partial charge in [-0.1, -0.05) is 6.92 Å². The van der Waals surface area contributed by atoms with Crippen molar-refractivity contribution in [2.45, 2.75) is 25.8 Å². The van der Waals surface area contributed by atoms with Crippen molar-refractivity contribution in [3.63, 3.8) is 0 Å². The summed E-state index contributed by atoms with van der Waals surface area (Å²) in [6, 6.07) is 2.47. The molecule has 4 heterocycles. The maximum Gasteiger partial charge on any atom is 0.320 e. The van der Waals surface area contributed by atoms with Gasteiger partial charge in [-0.25, -0.2) is 14.8 Å². The van der Waals surface area contributed by atoms with Crippen molar-refractivity contribution >= 4 is 35.3 Å². The van der Waals surface area contributed by atoms with E-state index in [1.807, 2.05) is 22.1 Å². The predicted octanol–water partition coefficient (Wildman–Crippen LogP) is 2.35. The molecule has 0 bridgehead atoms. The number of fused-ring (bicyclic) bond motifs is 1. The molecule has 2 saturated heterocycles. The monoisotopic (exact) mass is 364 g/mol. The highest BCUT2D eigenvalue weighted by molar-refractivity contribution is 5.87. The largest absolute Gasteiger partial charge is 0.354 e. The lowest BCUT2D eigenvalue weighted by molar-refractivity contribution is 0.105. The van der Waals surface area contributed by atoms with Crippen molar-refractivity contribution < 1.29 is 4.79 Å². The van der Waals surface area contributed by atoms with E-state index >= 15 is 0 Å². The van der Waals surface area contributed by atoms with E-state index in [9.17, 15) is 4.79 Å². The summed E-state index contributed by atoms with van der Waals surface area (Å²) in [6.07, 6.45) is 5.64. The third-order valence-electron chi connectivity index (χ3n) is 5.48. The molecule has 2 fully saturated rings.